The molecule has 1 aliphatic rings. The number of aromatic hydroxyl groups is 1. The quantitative estimate of drug-likeness (QED) is 0.881. The van der Waals surface area contributed by atoms with Crippen LogP contribution in [0.2, 0.25) is 0 Å². The molecule has 1 fully saturated rings. The number of rotatable bonds is 2. The van der Waals surface area contributed by atoms with Crippen molar-refractivity contribution in [1.29, 1.82) is 0 Å². The molecule has 18 heavy (non-hydrogen) atoms. The van der Waals surface area contributed by atoms with Crippen LogP contribution in [0, 0.1) is 18.7 Å². The Balaban J connectivity index is 2.40. The van der Waals surface area contributed by atoms with Gasteiger partial charge in [0.05, 0.1) is 4.47 Å². The van der Waals surface area contributed by atoms with Gasteiger partial charge in [-0.05, 0) is 54.3 Å². The van der Waals surface area contributed by atoms with Crippen LogP contribution in [0.1, 0.15) is 23.6 Å². The van der Waals surface area contributed by atoms with Crippen molar-refractivity contribution in [2.75, 3.05) is 20.1 Å². The molecule has 0 bridgehead atoms. The van der Waals surface area contributed by atoms with Crippen LogP contribution in [0.4, 0.5) is 4.39 Å². The summed E-state index contributed by atoms with van der Waals surface area (Å²) in [5, 5.41) is 9.77. The Hall–Kier alpha value is -0.650. The van der Waals surface area contributed by atoms with Gasteiger partial charge in [-0.25, -0.2) is 4.39 Å². The number of hydrogen-bond acceptors (Lipinski definition) is 3. The summed E-state index contributed by atoms with van der Waals surface area (Å²) < 4.78 is 14.6. The molecule has 100 valence electrons. The molecule has 3 nitrogen and oxygen atoms in total. The second-order valence-electron chi connectivity index (χ2n) is 5.05. The normalized spacial score (nSPS) is 24.7. The van der Waals surface area contributed by atoms with Crippen molar-refractivity contribution in [2.24, 2.45) is 11.7 Å². The van der Waals surface area contributed by atoms with Gasteiger partial charge in [0.1, 0.15) is 0 Å². The van der Waals surface area contributed by atoms with Crippen molar-refractivity contribution in [3.05, 3.63) is 27.5 Å². The van der Waals surface area contributed by atoms with Crippen molar-refractivity contribution in [3.8, 4) is 5.75 Å². The van der Waals surface area contributed by atoms with Crippen molar-refractivity contribution >= 4 is 15.9 Å². The fourth-order valence-electron chi connectivity index (χ4n) is 2.66. The van der Waals surface area contributed by atoms with Gasteiger partial charge in [-0.3, -0.25) is 4.90 Å². The highest BCUT2D eigenvalue weighted by Crippen LogP contribution is 2.40. The van der Waals surface area contributed by atoms with Gasteiger partial charge in [0.2, 0.25) is 0 Å². The van der Waals surface area contributed by atoms with E-state index >= 15 is 0 Å². The topological polar surface area (TPSA) is 49.5 Å². The SMILES string of the molecule is Cc1cc(C2CC(CN)CN2C)c(F)c(O)c1Br. The summed E-state index contributed by atoms with van der Waals surface area (Å²) in [6, 6.07) is 1.80. The van der Waals surface area contributed by atoms with Crippen LogP contribution in [-0.4, -0.2) is 30.1 Å². The number of likely N-dealkylation sites (tertiary alicyclic amines) is 1. The van der Waals surface area contributed by atoms with E-state index in [4.69, 9.17) is 5.73 Å². The molecular formula is C13H18BrFN2O. The summed E-state index contributed by atoms with van der Waals surface area (Å²) in [5.74, 6) is -0.429. The van der Waals surface area contributed by atoms with Gasteiger partial charge in [0.25, 0.3) is 0 Å². The monoisotopic (exact) mass is 316 g/mol. The van der Waals surface area contributed by atoms with E-state index in [1.165, 1.54) is 0 Å². The molecule has 1 heterocycles. The Labute approximate surface area is 115 Å². The standard InChI is InChI=1S/C13H18BrFN2O/c1-7-3-9(12(15)13(18)11(7)14)10-4-8(5-16)6-17(10)2/h3,8,10,18H,4-6,16H2,1-2H3. The summed E-state index contributed by atoms with van der Waals surface area (Å²) in [5.41, 5.74) is 7.08. The zero-order chi connectivity index (χ0) is 13.4. The predicted molar refractivity (Wildman–Crippen MR) is 73.0 cm³/mol. The Kier molecular flexibility index (Phi) is 3.94. The third kappa shape index (κ3) is 2.27. The molecule has 0 amide bonds. The van der Waals surface area contributed by atoms with Gasteiger partial charge in [0, 0.05) is 18.2 Å². The molecule has 1 aromatic rings. The Bertz CT molecular complexity index is 467. The largest absolute Gasteiger partial charge is 0.504 e. The van der Waals surface area contributed by atoms with E-state index in [9.17, 15) is 9.50 Å². The second-order valence-corrected chi connectivity index (χ2v) is 5.85. The molecule has 2 atom stereocenters. The minimum absolute atomic E-state index is 0.00347. The van der Waals surface area contributed by atoms with Crippen molar-refractivity contribution in [3.63, 3.8) is 0 Å². The lowest BCUT2D eigenvalue weighted by Gasteiger charge is -2.21. The van der Waals surface area contributed by atoms with Gasteiger partial charge in [-0.15, -0.1) is 0 Å². The molecule has 1 aliphatic heterocycles. The number of phenols is 1. The van der Waals surface area contributed by atoms with Gasteiger partial charge in [0.15, 0.2) is 11.6 Å². The molecule has 0 spiro atoms. The number of nitrogens with zero attached hydrogens (tertiary/aromatic N) is 1. The molecule has 0 radical (unpaired) electrons. The van der Waals surface area contributed by atoms with Crippen LogP contribution in [-0.2, 0) is 0 Å². The number of nitrogens with two attached hydrogens (primary N) is 1. The maximum atomic E-state index is 14.2. The van der Waals surface area contributed by atoms with Crippen molar-refractivity contribution in [2.45, 2.75) is 19.4 Å². The van der Waals surface area contributed by atoms with Crippen LogP contribution in [0.5, 0.6) is 5.75 Å². The van der Waals surface area contributed by atoms with E-state index in [2.05, 4.69) is 20.8 Å². The highest BCUT2D eigenvalue weighted by molar-refractivity contribution is 9.10. The van der Waals surface area contributed by atoms with E-state index in [-0.39, 0.29) is 11.8 Å². The minimum atomic E-state index is -0.526. The molecule has 1 aromatic carbocycles. The van der Waals surface area contributed by atoms with Crippen LogP contribution in [0.15, 0.2) is 10.5 Å². The second kappa shape index (κ2) is 5.15. The maximum absolute atomic E-state index is 14.2. The highest BCUT2D eigenvalue weighted by Gasteiger charge is 2.32. The zero-order valence-electron chi connectivity index (χ0n) is 10.6. The van der Waals surface area contributed by atoms with E-state index < -0.39 is 5.82 Å². The molecule has 0 aromatic heterocycles. The summed E-state index contributed by atoms with van der Waals surface area (Å²) >= 11 is 3.19. The molecule has 1 saturated heterocycles. The summed E-state index contributed by atoms with van der Waals surface area (Å²) in [4.78, 5) is 2.10. The molecule has 0 saturated carbocycles. The number of hydrogen-bond donors (Lipinski definition) is 2. The maximum Gasteiger partial charge on any atom is 0.170 e. The number of halogens is 2. The molecule has 0 aliphatic carbocycles. The lowest BCUT2D eigenvalue weighted by atomic mass is 9.97. The first kappa shape index (κ1) is 13.8. The van der Waals surface area contributed by atoms with Crippen LogP contribution >= 0.6 is 15.9 Å². The first-order chi connectivity index (χ1) is 8.45. The van der Waals surface area contributed by atoms with Gasteiger partial charge >= 0.3 is 0 Å². The molecular weight excluding hydrogens is 299 g/mol. The number of phenolic OH excluding ortho intramolecular Hbond substituents is 1. The first-order valence-electron chi connectivity index (χ1n) is 6.03. The minimum Gasteiger partial charge on any atom is -0.504 e. The van der Waals surface area contributed by atoms with Gasteiger partial charge < -0.3 is 10.8 Å². The Morgan fingerprint density at radius 2 is 2.28 bits per heavy atom. The van der Waals surface area contributed by atoms with Gasteiger partial charge in [-0.1, -0.05) is 6.07 Å². The Morgan fingerprint density at radius 3 is 2.83 bits per heavy atom. The molecule has 5 heteroatoms. The fourth-order valence-corrected chi connectivity index (χ4v) is 2.95. The third-order valence-corrected chi connectivity index (χ3v) is 4.72. The Morgan fingerprint density at radius 1 is 1.61 bits per heavy atom. The van der Waals surface area contributed by atoms with E-state index in [0.717, 1.165) is 18.5 Å². The number of benzene rings is 1. The lowest BCUT2D eigenvalue weighted by Crippen LogP contribution is -2.21. The lowest BCUT2D eigenvalue weighted by molar-refractivity contribution is 0.303. The predicted octanol–water partition coefficient (Wildman–Crippen LogP) is 2.55. The van der Waals surface area contributed by atoms with Crippen LogP contribution < -0.4 is 5.73 Å². The third-order valence-electron chi connectivity index (χ3n) is 3.71. The molecule has 2 rings (SSSR count). The average molecular weight is 317 g/mol. The number of aryl methyl sites for hydroxylation is 1. The smallest absolute Gasteiger partial charge is 0.170 e. The summed E-state index contributed by atoms with van der Waals surface area (Å²) in [7, 11) is 1.97. The molecule has 3 N–H and O–H groups in total. The zero-order valence-corrected chi connectivity index (χ0v) is 12.2. The first-order valence-corrected chi connectivity index (χ1v) is 6.82. The van der Waals surface area contributed by atoms with E-state index in [1.54, 1.807) is 6.07 Å². The summed E-state index contributed by atoms with van der Waals surface area (Å²) in [6.45, 7) is 3.34. The average Bonchev–Trinajstić information content (AvgIpc) is 2.72. The van der Waals surface area contributed by atoms with Gasteiger partial charge in [-0.2, -0.15) is 0 Å². The molecule has 2 unspecified atom stereocenters. The summed E-state index contributed by atoms with van der Waals surface area (Å²) in [6.07, 6.45) is 0.838. The fraction of sp³-hybridized carbons (Fsp3) is 0.538. The van der Waals surface area contributed by atoms with Crippen LogP contribution in [0.25, 0.3) is 0 Å². The highest BCUT2D eigenvalue weighted by atomic mass is 79.9. The van der Waals surface area contributed by atoms with E-state index in [1.807, 2.05) is 14.0 Å². The van der Waals surface area contributed by atoms with Crippen molar-refractivity contribution in [1.82, 2.24) is 4.90 Å². The van der Waals surface area contributed by atoms with E-state index in [0.29, 0.717) is 22.5 Å². The van der Waals surface area contributed by atoms with Crippen molar-refractivity contribution < 1.29 is 9.50 Å². The van der Waals surface area contributed by atoms with Crippen LogP contribution in [0.3, 0.4) is 0 Å².